The van der Waals surface area contributed by atoms with E-state index in [2.05, 4.69) is 12.2 Å². The molecule has 0 fully saturated rings. The lowest BCUT2D eigenvalue weighted by Gasteiger charge is -2.22. The van der Waals surface area contributed by atoms with Crippen LogP contribution in [0.2, 0.25) is 0 Å². The number of benzene rings is 1. The molecule has 0 aliphatic carbocycles. The molecule has 0 spiro atoms. The molecule has 0 radical (unpaired) electrons. The van der Waals surface area contributed by atoms with Gasteiger partial charge < -0.3 is 19.9 Å². The second-order valence-electron chi connectivity index (χ2n) is 5.92. The third kappa shape index (κ3) is 7.00. The van der Waals surface area contributed by atoms with E-state index >= 15 is 0 Å². The summed E-state index contributed by atoms with van der Waals surface area (Å²) in [5, 5.41) is 2.83. The number of nitrogens with zero attached hydrogens (tertiary/aromatic N) is 1. The summed E-state index contributed by atoms with van der Waals surface area (Å²) in [4.78, 5) is 27.1. The lowest BCUT2D eigenvalue weighted by molar-refractivity contribution is -0.862. The first-order chi connectivity index (χ1) is 11.5. The Bertz CT molecular complexity index is 534. The van der Waals surface area contributed by atoms with Crippen LogP contribution < -0.4 is 15.0 Å². The smallest absolute Gasteiger partial charge is 0.279 e. The molecule has 0 bridgehead atoms. The van der Waals surface area contributed by atoms with Gasteiger partial charge in [-0.1, -0.05) is 19.4 Å². The van der Waals surface area contributed by atoms with Crippen LogP contribution in [0.15, 0.2) is 24.3 Å². The van der Waals surface area contributed by atoms with Crippen LogP contribution in [0, 0.1) is 0 Å². The lowest BCUT2D eigenvalue weighted by Crippen LogP contribution is -3.11. The molecule has 0 aliphatic rings. The largest absolute Gasteiger partial charge is 0.497 e. The molecule has 0 saturated heterocycles. The van der Waals surface area contributed by atoms with Crippen LogP contribution in [-0.2, 0) is 9.59 Å². The first-order valence-corrected chi connectivity index (χ1v) is 8.53. The molecule has 6 nitrogen and oxygen atoms in total. The van der Waals surface area contributed by atoms with Gasteiger partial charge >= 0.3 is 0 Å². The zero-order chi connectivity index (χ0) is 17.9. The number of likely N-dealkylation sites (N-methyl/N-ethyl adjacent to an activating group) is 2. The molecular formula is C18H30N3O3+. The number of methoxy groups -OCH3 is 1. The highest BCUT2D eigenvalue weighted by Crippen LogP contribution is 2.16. The van der Waals surface area contributed by atoms with E-state index in [1.54, 1.807) is 13.2 Å². The molecule has 1 atom stereocenters. The molecule has 1 rings (SSSR count). The van der Waals surface area contributed by atoms with Gasteiger partial charge in [0.25, 0.3) is 11.8 Å². The maximum absolute atomic E-state index is 12.3. The van der Waals surface area contributed by atoms with E-state index in [1.807, 2.05) is 37.1 Å². The van der Waals surface area contributed by atoms with Crippen LogP contribution in [0.25, 0.3) is 0 Å². The number of ether oxygens (including phenoxy) is 1. The Labute approximate surface area is 144 Å². The van der Waals surface area contributed by atoms with Crippen LogP contribution in [-0.4, -0.2) is 57.1 Å². The van der Waals surface area contributed by atoms with E-state index in [9.17, 15) is 9.59 Å². The Balaban J connectivity index is 2.46. The van der Waals surface area contributed by atoms with Crippen molar-refractivity contribution in [3.05, 3.63) is 24.3 Å². The highest BCUT2D eigenvalue weighted by Gasteiger charge is 2.18. The predicted octanol–water partition coefficient (Wildman–Crippen LogP) is 0.797. The summed E-state index contributed by atoms with van der Waals surface area (Å²) in [6, 6.07) is 7.22. The maximum atomic E-state index is 12.3. The van der Waals surface area contributed by atoms with Gasteiger partial charge in [-0.15, -0.1) is 0 Å². The lowest BCUT2D eigenvalue weighted by atomic mass is 10.3. The van der Waals surface area contributed by atoms with Gasteiger partial charge in [-0.3, -0.25) is 9.59 Å². The summed E-state index contributed by atoms with van der Waals surface area (Å²) in [6.45, 7) is 6.16. The quantitative estimate of drug-likeness (QED) is 0.664. The number of anilines is 1. The fourth-order valence-electron chi connectivity index (χ4n) is 2.42. The van der Waals surface area contributed by atoms with E-state index in [0.717, 1.165) is 24.3 Å². The van der Waals surface area contributed by atoms with Crippen LogP contribution in [0.3, 0.4) is 0 Å². The molecule has 24 heavy (non-hydrogen) atoms. The molecule has 1 aromatic rings. The molecule has 1 aromatic carbocycles. The van der Waals surface area contributed by atoms with E-state index in [0.29, 0.717) is 24.5 Å². The van der Waals surface area contributed by atoms with E-state index in [4.69, 9.17) is 4.74 Å². The van der Waals surface area contributed by atoms with E-state index in [-0.39, 0.29) is 18.4 Å². The number of carbonyl (C=O) groups is 2. The minimum absolute atomic E-state index is 0.0950. The molecule has 0 saturated carbocycles. The zero-order valence-electron chi connectivity index (χ0n) is 15.2. The Morgan fingerprint density at radius 2 is 2.00 bits per heavy atom. The summed E-state index contributed by atoms with van der Waals surface area (Å²) in [5.74, 6) is 0.668. The summed E-state index contributed by atoms with van der Waals surface area (Å²) >= 11 is 0. The SMILES string of the molecule is CCCCN(CC)C(=O)C[NH+](C)CC(=O)Nc1cccc(OC)c1. The van der Waals surface area contributed by atoms with Gasteiger partial charge in [0.1, 0.15) is 5.75 Å². The standard InChI is InChI=1S/C18H29N3O3/c1-5-7-11-21(6-2)18(23)14-20(3)13-17(22)19-15-9-8-10-16(12-15)24-4/h8-10,12H,5-7,11,13-14H2,1-4H3,(H,19,22)/p+1. The summed E-state index contributed by atoms with van der Waals surface area (Å²) in [7, 11) is 3.44. The Morgan fingerprint density at radius 1 is 1.25 bits per heavy atom. The Morgan fingerprint density at radius 3 is 2.62 bits per heavy atom. The number of unbranched alkanes of at least 4 members (excludes halogenated alkanes) is 1. The molecule has 6 heteroatoms. The molecule has 134 valence electrons. The fourth-order valence-corrected chi connectivity index (χ4v) is 2.42. The average Bonchev–Trinajstić information content (AvgIpc) is 2.55. The van der Waals surface area contributed by atoms with Crippen molar-refractivity contribution in [2.75, 3.05) is 45.7 Å². The number of nitrogens with one attached hydrogen (secondary N) is 2. The first-order valence-electron chi connectivity index (χ1n) is 8.53. The molecule has 1 unspecified atom stereocenters. The monoisotopic (exact) mass is 336 g/mol. The molecule has 0 aromatic heterocycles. The van der Waals surface area contributed by atoms with Crippen molar-refractivity contribution in [1.29, 1.82) is 0 Å². The van der Waals surface area contributed by atoms with Gasteiger partial charge in [-0.05, 0) is 25.5 Å². The summed E-state index contributed by atoms with van der Waals surface area (Å²) in [5.41, 5.74) is 0.691. The number of hydrogen-bond donors (Lipinski definition) is 2. The molecule has 0 aliphatic heterocycles. The first kappa shape index (κ1) is 20.0. The zero-order valence-corrected chi connectivity index (χ0v) is 15.2. The van der Waals surface area contributed by atoms with E-state index < -0.39 is 0 Å². The fraction of sp³-hybridized carbons (Fsp3) is 0.556. The van der Waals surface area contributed by atoms with Crippen molar-refractivity contribution in [2.45, 2.75) is 26.7 Å². The molecule has 0 heterocycles. The van der Waals surface area contributed by atoms with Crippen LogP contribution in [0.1, 0.15) is 26.7 Å². The average molecular weight is 336 g/mol. The van der Waals surface area contributed by atoms with E-state index in [1.165, 1.54) is 0 Å². The van der Waals surface area contributed by atoms with Gasteiger partial charge in [-0.25, -0.2) is 0 Å². The van der Waals surface area contributed by atoms with Crippen molar-refractivity contribution in [1.82, 2.24) is 4.90 Å². The second-order valence-corrected chi connectivity index (χ2v) is 5.92. The van der Waals surface area contributed by atoms with Crippen LogP contribution >= 0.6 is 0 Å². The molecular weight excluding hydrogens is 306 g/mol. The minimum Gasteiger partial charge on any atom is -0.497 e. The predicted molar refractivity (Wildman–Crippen MR) is 95.4 cm³/mol. The van der Waals surface area contributed by atoms with Crippen LogP contribution in [0.5, 0.6) is 5.75 Å². The second kappa shape index (κ2) is 10.6. The topological polar surface area (TPSA) is 63.1 Å². The van der Waals surface area contributed by atoms with Gasteiger partial charge in [0.15, 0.2) is 13.1 Å². The van der Waals surface area contributed by atoms with Crippen molar-refractivity contribution < 1.29 is 19.2 Å². The number of amides is 2. The summed E-state index contributed by atoms with van der Waals surface area (Å²) in [6.07, 6.45) is 2.07. The third-order valence-electron chi connectivity index (χ3n) is 3.78. The van der Waals surface area contributed by atoms with Crippen LogP contribution in [0.4, 0.5) is 5.69 Å². The Kier molecular flexibility index (Phi) is 8.86. The van der Waals surface area contributed by atoms with Crippen molar-refractivity contribution in [2.24, 2.45) is 0 Å². The normalized spacial score (nSPS) is 11.7. The van der Waals surface area contributed by atoms with Crippen molar-refractivity contribution in [3.8, 4) is 5.75 Å². The Hall–Kier alpha value is -2.08. The van der Waals surface area contributed by atoms with Gasteiger partial charge in [0.2, 0.25) is 0 Å². The summed E-state index contributed by atoms with van der Waals surface area (Å²) < 4.78 is 5.13. The minimum atomic E-state index is -0.120. The van der Waals surface area contributed by atoms with Gasteiger partial charge in [-0.2, -0.15) is 0 Å². The highest BCUT2D eigenvalue weighted by molar-refractivity contribution is 5.91. The molecule has 2 N–H and O–H groups in total. The van der Waals surface area contributed by atoms with Crippen molar-refractivity contribution >= 4 is 17.5 Å². The highest BCUT2D eigenvalue weighted by atomic mass is 16.5. The van der Waals surface area contributed by atoms with Gasteiger partial charge in [0.05, 0.1) is 14.2 Å². The number of carbonyl (C=O) groups excluding carboxylic acids is 2. The van der Waals surface area contributed by atoms with Crippen molar-refractivity contribution in [3.63, 3.8) is 0 Å². The maximum Gasteiger partial charge on any atom is 0.279 e. The number of rotatable bonds is 10. The number of hydrogen-bond acceptors (Lipinski definition) is 3. The molecule has 2 amide bonds. The van der Waals surface area contributed by atoms with Gasteiger partial charge in [0, 0.05) is 24.8 Å². The number of quaternary nitrogens is 1. The third-order valence-corrected chi connectivity index (χ3v) is 3.78.